The van der Waals surface area contributed by atoms with E-state index in [-0.39, 0.29) is 29.1 Å². The van der Waals surface area contributed by atoms with E-state index < -0.39 is 34.2 Å². The van der Waals surface area contributed by atoms with Gasteiger partial charge in [-0.25, -0.2) is 0 Å². The zero-order chi connectivity index (χ0) is 21.1. The fourth-order valence-corrected chi connectivity index (χ4v) is 7.81. The highest BCUT2D eigenvalue weighted by Crippen LogP contribution is 2.71. The molecule has 1 spiro atoms. The van der Waals surface area contributed by atoms with Crippen LogP contribution in [0.1, 0.15) is 53.9 Å². The fraction of sp³-hybridized carbons (Fsp3) is 0.850. The summed E-state index contributed by atoms with van der Waals surface area (Å²) in [6.07, 6.45) is 2.07. The standard InChI is InChI=1S/C20H33N3O4S/c1-7-11(10-24)23-14(16(26)22-18(2,3)4)20-9-8-19(5,28-20)12(15(25)21-6)13(20)17(23)27/h11-14,24H,7-10H2,1-6H3,(H,21,25)(H,22,26)/t11-,12+,13-,14?,19-,20?/m0/s1. The summed E-state index contributed by atoms with van der Waals surface area (Å²) in [6, 6.07) is -1.11. The molecule has 158 valence electrons. The monoisotopic (exact) mass is 411 g/mol. The molecule has 3 aliphatic rings. The van der Waals surface area contributed by atoms with Gasteiger partial charge in [0.05, 0.1) is 29.2 Å². The summed E-state index contributed by atoms with van der Waals surface area (Å²) in [6.45, 7) is 9.50. The molecule has 3 saturated heterocycles. The average Bonchev–Trinajstić information content (AvgIpc) is 3.16. The van der Waals surface area contributed by atoms with E-state index in [1.54, 1.807) is 23.7 Å². The molecule has 6 atom stereocenters. The van der Waals surface area contributed by atoms with Gasteiger partial charge in [0.1, 0.15) is 6.04 Å². The van der Waals surface area contributed by atoms with Gasteiger partial charge in [-0.1, -0.05) is 6.92 Å². The lowest BCUT2D eigenvalue weighted by Crippen LogP contribution is -2.59. The second-order valence-corrected chi connectivity index (χ2v) is 11.5. The summed E-state index contributed by atoms with van der Waals surface area (Å²) in [5, 5.41) is 15.7. The van der Waals surface area contributed by atoms with Crippen molar-refractivity contribution < 1.29 is 19.5 Å². The van der Waals surface area contributed by atoms with Crippen molar-refractivity contribution in [3.8, 4) is 0 Å². The Morgan fingerprint density at radius 1 is 1.32 bits per heavy atom. The molecule has 0 aromatic rings. The summed E-state index contributed by atoms with van der Waals surface area (Å²) in [7, 11) is 1.60. The van der Waals surface area contributed by atoms with Crippen LogP contribution in [0.25, 0.3) is 0 Å². The van der Waals surface area contributed by atoms with Crippen LogP contribution in [0.15, 0.2) is 0 Å². The van der Waals surface area contributed by atoms with Gasteiger partial charge in [-0.2, -0.15) is 0 Å². The van der Waals surface area contributed by atoms with Gasteiger partial charge in [-0.3, -0.25) is 14.4 Å². The van der Waals surface area contributed by atoms with E-state index in [1.807, 2.05) is 34.6 Å². The first-order valence-corrected chi connectivity index (χ1v) is 10.9. The largest absolute Gasteiger partial charge is 0.394 e. The van der Waals surface area contributed by atoms with Crippen molar-refractivity contribution in [2.45, 2.75) is 81.0 Å². The number of nitrogens with zero attached hydrogens (tertiary/aromatic N) is 1. The molecule has 0 aliphatic carbocycles. The smallest absolute Gasteiger partial charge is 0.244 e. The summed E-state index contributed by atoms with van der Waals surface area (Å²) in [5.41, 5.74) is -0.438. The molecular weight excluding hydrogens is 378 g/mol. The lowest BCUT2D eigenvalue weighted by atomic mass is 9.66. The van der Waals surface area contributed by atoms with Gasteiger partial charge in [0, 0.05) is 17.3 Å². The van der Waals surface area contributed by atoms with Crippen molar-refractivity contribution in [1.29, 1.82) is 0 Å². The highest BCUT2D eigenvalue weighted by atomic mass is 32.2. The summed E-state index contributed by atoms with van der Waals surface area (Å²) < 4.78 is -0.978. The second-order valence-electron chi connectivity index (χ2n) is 9.57. The van der Waals surface area contributed by atoms with Crippen LogP contribution in [0, 0.1) is 11.8 Å². The molecular formula is C20H33N3O4S. The minimum Gasteiger partial charge on any atom is -0.394 e. The zero-order valence-corrected chi connectivity index (χ0v) is 18.5. The normalized spacial score (nSPS) is 37.8. The number of fused-ring (bicyclic) bond motifs is 1. The van der Waals surface area contributed by atoms with Gasteiger partial charge in [0.15, 0.2) is 0 Å². The number of carbonyl (C=O) groups excluding carboxylic acids is 3. The molecule has 28 heavy (non-hydrogen) atoms. The van der Waals surface area contributed by atoms with Gasteiger partial charge in [0.2, 0.25) is 17.7 Å². The quantitative estimate of drug-likeness (QED) is 0.624. The van der Waals surface area contributed by atoms with Crippen LogP contribution in [0.4, 0.5) is 0 Å². The maximum absolute atomic E-state index is 13.6. The van der Waals surface area contributed by atoms with Gasteiger partial charge in [-0.05, 0) is 47.0 Å². The van der Waals surface area contributed by atoms with Crippen molar-refractivity contribution in [3.05, 3.63) is 0 Å². The number of amides is 3. The Bertz CT molecular complexity index is 689. The van der Waals surface area contributed by atoms with Crippen LogP contribution in [0.3, 0.4) is 0 Å². The van der Waals surface area contributed by atoms with Gasteiger partial charge < -0.3 is 20.6 Å². The average molecular weight is 412 g/mol. The van der Waals surface area contributed by atoms with Crippen molar-refractivity contribution in [2.24, 2.45) is 11.8 Å². The minimum atomic E-state index is -0.678. The highest BCUT2D eigenvalue weighted by Gasteiger charge is 2.77. The molecule has 0 aromatic carbocycles. The first kappa shape index (κ1) is 21.4. The van der Waals surface area contributed by atoms with Crippen molar-refractivity contribution >= 4 is 29.5 Å². The third-order valence-corrected chi connectivity index (χ3v) is 8.55. The molecule has 3 rings (SSSR count). The first-order valence-electron chi connectivity index (χ1n) is 10.1. The third kappa shape index (κ3) is 2.95. The molecule has 2 unspecified atom stereocenters. The van der Waals surface area contributed by atoms with E-state index >= 15 is 0 Å². The van der Waals surface area contributed by atoms with Crippen LogP contribution in [0.2, 0.25) is 0 Å². The minimum absolute atomic E-state index is 0.135. The Kier molecular flexibility index (Phi) is 5.28. The van der Waals surface area contributed by atoms with Crippen LogP contribution >= 0.6 is 11.8 Å². The molecule has 0 saturated carbocycles. The topological polar surface area (TPSA) is 98.7 Å². The molecule has 3 aliphatic heterocycles. The maximum atomic E-state index is 13.6. The molecule has 8 heteroatoms. The number of likely N-dealkylation sites (tertiary alicyclic amines) is 1. The highest BCUT2D eigenvalue weighted by molar-refractivity contribution is 8.02. The molecule has 2 bridgehead atoms. The molecule has 3 N–H and O–H groups in total. The van der Waals surface area contributed by atoms with Crippen LogP contribution in [-0.2, 0) is 14.4 Å². The van der Waals surface area contributed by atoms with Gasteiger partial charge in [-0.15, -0.1) is 11.8 Å². The Morgan fingerprint density at radius 2 is 1.96 bits per heavy atom. The van der Waals surface area contributed by atoms with Crippen LogP contribution in [0.5, 0.6) is 0 Å². The predicted octanol–water partition coefficient (Wildman–Crippen LogP) is 0.899. The van der Waals surface area contributed by atoms with E-state index in [4.69, 9.17) is 0 Å². The number of thioether (sulfide) groups is 1. The predicted molar refractivity (Wildman–Crippen MR) is 109 cm³/mol. The summed E-state index contributed by atoms with van der Waals surface area (Å²) in [4.78, 5) is 41.4. The van der Waals surface area contributed by atoms with Crippen molar-refractivity contribution in [2.75, 3.05) is 13.7 Å². The molecule has 3 heterocycles. The molecule has 3 amide bonds. The number of hydrogen-bond acceptors (Lipinski definition) is 5. The molecule has 7 nitrogen and oxygen atoms in total. The van der Waals surface area contributed by atoms with E-state index in [9.17, 15) is 19.5 Å². The third-order valence-electron chi connectivity index (χ3n) is 6.57. The summed E-state index contributed by atoms with van der Waals surface area (Å²) in [5.74, 6) is -1.49. The number of carbonyl (C=O) groups is 3. The SMILES string of the molecule is CC[C@@H](CO)N1C(=O)[C@@H]2[C@H](C(=O)NC)[C@]3(C)CCC2(S3)C1C(=O)NC(C)(C)C. The van der Waals surface area contributed by atoms with Crippen LogP contribution < -0.4 is 10.6 Å². The zero-order valence-electron chi connectivity index (χ0n) is 17.7. The Balaban J connectivity index is 2.11. The second kappa shape index (κ2) is 6.90. The first-order chi connectivity index (χ1) is 13.0. The number of rotatable bonds is 5. The number of aliphatic hydroxyl groups is 1. The van der Waals surface area contributed by atoms with E-state index in [1.165, 1.54) is 0 Å². The summed E-state index contributed by atoms with van der Waals surface area (Å²) >= 11 is 1.65. The maximum Gasteiger partial charge on any atom is 0.244 e. The number of aliphatic hydroxyl groups excluding tert-OH is 1. The van der Waals surface area contributed by atoms with Crippen molar-refractivity contribution in [3.63, 3.8) is 0 Å². The van der Waals surface area contributed by atoms with Gasteiger partial charge in [0.25, 0.3) is 0 Å². The van der Waals surface area contributed by atoms with Crippen molar-refractivity contribution in [1.82, 2.24) is 15.5 Å². The lowest BCUT2D eigenvalue weighted by molar-refractivity contribution is -0.143. The lowest BCUT2D eigenvalue weighted by Gasteiger charge is -2.38. The van der Waals surface area contributed by atoms with E-state index in [2.05, 4.69) is 10.6 Å². The van der Waals surface area contributed by atoms with E-state index in [0.29, 0.717) is 6.42 Å². The number of nitrogens with one attached hydrogen (secondary N) is 2. The molecule has 3 fully saturated rings. The van der Waals surface area contributed by atoms with E-state index in [0.717, 1.165) is 12.8 Å². The number of hydrogen-bond donors (Lipinski definition) is 3. The van der Waals surface area contributed by atoms with Crippen LogP contribution in [-0.4, -0.2) is 68.5 Å². The Labute approximate surface area is 171 Å². The fourth-order valence-electron chi connectivity index (χ4n) is 5.46. The van der Waals surface area contributed by atoms with Gasteiger partial charge >= 0.3 is 0 Å². The Morgan fingerprint density at radius 3 is 2.46 bits per heavy atom. The molecule has 0 aromatic heterocycles. The Hall–Kier alpha value is -1.28. The molecule has 0 radical (unpaired) electrons.